The Labute approximate surface area is 106 Å². The zero-order valence-corrected chi connectivity index (χ0v) is 10.7. The third-order valence-corrected chi connectivity index (χ3v) is 4.15. The fourth-order valence-corrected chi connectivity index (χ4v) is 2.84. The van der Waals surface area contributed by atoms with Crippen molar-refractivity contribution in [3.8, 4) is 0 Å². The largest absolute Gasteiger partial charge is 0.332 e. The van der Waals surface area contributed by atoms with Crippen LogP contribution < -0.4 is 10.0 Å². The second-order valence-corrected chi connectivity index (χ2v) is 5.85. The first-order valence-electron chi connectivity index (χ1n) is 5.53. The molecular formula is C12H14N2O3S. The molecule has 0 aromatic heterocycles. The molecule has 0 fully saturated rings. The van der Waals surface area contributed by atoms with Gasteiger partial charge in [0, 0.05) is 0 Å². The molecule has 1 aromatic carbocycles. The van der Waals surface area contributed by atoms with Crippen LogP contribution in [0.1, 0.15) is 12.0 Å². The Bertz CT molecular complexity index is 576. The molecule has 1 amide bonds. The second kappa shape index (κ2) is 4.91. The van der Waals surface area contributed by atoms with Gasteiger partial charge in [-0.05, 0) is 31.7 Å². The second-order valence-electron chi connectivity index (χ2n) is 4.13. The van der Waals surface area contributed by atoms with E-state index < -0.39 is 16.1 Å². The Morgan fingerprint density at radius 3 is 2.56 bits per heavy atom. The van der Waals surface area contributed by atoms with Crippen molar-refractivity contribution in [2.45, 2.75) is 24.3 Å². The first-order chi connectivity index (χ1) is 8.49. The lowest BCUT2D eigenvalue weighted by Gasteiger charge is -2.18. The molecule has 0 saturated heterocycles. The zero-order chi connectivity index (χ0) is 13.2. The molecule has 0 aliphatic carbocycles. The van der Waals surface area contributed by atoms with Gasteiger partial charge in [0.1, 0.15) is 6.04 Å². The van der Waals surface area contributed by atoms with E-state index >= 15 is 0 Å². The monoisotopic (exact) mass is 266 g/mol. The van der Waals surface area contributed by atoms with Crippen LogP contribution in [0.3, 0.4) is 0 Å². The maximum absolute atomic E-state index is 12.0. The predicted molar refractivity (Wildman–Crippen MR) is 67.2 cm³/mol. The minimum atomic E-state index is -3.65. The lowest BCUT2D eigenvalue weighted by Crippen LogP contribution is -2.46. The number of nitrogens with one attached hydrogen (secondary N) is 2. The summed E-state index contributed by atoms with van der Waals surface area (Å²) in [6, 6.07) is 5.73. The van der Waals surface area contributed by atoms with Gasteiger partial charge in [0.15, 0.2) is 0 Å². The fourth-order valence-electron chi connectivity index (χ4n) is 1.63. The molecule has 1 unspecified atom stereocenters. The Balaban J connectivity index is 2.19. The van der Waals surface area contributed by atoms with Crippen LogP contribution in [-0.2, 0) is 14.8 Å². The van der Waals surface area contributed by atoms with Crippen LogP contribution in [0.25, 0.3) is 0 Å². The number of hydrogen-bond acceptors (Lipinski definition) is 3. The van der Waals surface area contributed by atoms with Crippen molar-refractivity contribution in [2.24, 2.45) is 0 Å². The van der Waals surface area contributed by atoms with Gasteiger partial charge < -0.3 is 5.32 Å². The Morgan fingerprint density at radius 1 is 1.28 bits per heavy atom. The van der Waals surface area contributed by atoms with E-state index in [9.17, 15) is 13.2 Å². The van der Waals surface area contributed by atoms with Gasteiger partial charge in [-0.25, -0.2) is 8.42 Å². The molecule has 2 N–H and O–H groups in total. The highest BCUT2D eigenvalue weighted by molar-refractivity contribution is 7.89. The van der Waals surface area contributed by atoms with Crippen LogP contribution in [0, 0.1) is 6.92 Å². The highest BCUT2D eigenvalue weighted by atomic mass is 32.2. The molecule has 5 nitrogen and oxygen atoms in total. The molecule has 0 radical (unpaired) electrons. The Kier molecular flexibility index (Phi) is 3.49. The van der Waals surface area contributed by atoms with E-state index in [-0.39, 0.29) is 10.8 Å². The van der Waals surface area contributed by atoms with Crippen molar-refractivity contribution in [1.82, 2.24) is 10.0 Å². The molecule has 18 heavy (non-hydrogen) atoms. The summed E-state index contributed by atoms with van der Waals surface area (Å²) in [6.45, 7) is 1.88. The van der Waals surface area contributed by atoms with Crippen molar-refractivity contribution >= 4 is 15.9 Å². The number of sulfonamides is 1. The molecule has 1 aliphatic heterocycles. The van der Waals surface area contributed by atoms with E-state index in [0.717, 1.165) is 5.56 Å². The highest BCUT2D eigenvalue weighted by Gasteiger charge is 2.25. The normalized spacial score (nSPS) is 19.6. The van der Waals surface area contributed by atoms with Gasteiger partial charge in [-0.2, -0.15) is 4.72 Å². The molecule has 0 bridgehead atoms. The van der Waals surface area contributed by atoms with Gasteiger partial charge in [0.05, 0.1) is 4.90 Å². The molecule has 0 saturated carbocycles. The van der Waals surface area contributed by atoms with Gasteiger partial charge in [-0.15, -0.1) is 0 Å². The fraction of sp³-hybridized carbons (Fsp3) is 0.250. The van der Waals surface area contributed by atoms with Crippen LogP contribution >= 0.6 is 0 Å². The maximum atomic E-state index is 12.0. The summed E-state index contributed by atoms with van der Waals surface area (Å²) in [4.78, 5) is 11.6. The summed E-state index contributed by atoms with van der Waals surface area (Å²) in [6.07, 6.45) is 3.58. The minimum absolute atomic E-state index is 0.162. The SMILES string of the molecule is Cc1ccc(S(=O)(=O)NC2CC=CNC2=O)cc1. The number of rotatable bonds is 3. The standard InChI is InChI=1S/C12H14N2O3S/c1-9-4-6-10(7-5-9)18(16,17)14-11-3-2-8-13-12(11)15/h2,4-8,11,14H,3H2,1H3,(H,13,15). The number of amides is 1. The van der Waals surface area contributed by atoms with E-state index in [4.69, 9.17) is 0 Å². The molecule has 0 spiro atoms. The van der Waals surface area contributed by atoms with E-state index in [1.54, 1.807) is 18.2 Å². The Hall–Kier alpha value is -1.66. The Morgan fingerprint density at radius 2 is 1.94 bits per heavy atom. The third-order valence-electron chi connectivity index (χ3n) is 2.66. The molecule has 1 aromatic rings. The topological polar surface area (TPSA) is 75.3 Å². The minimum Gasteiger partial charge on any atom is -0.332 e. The van der Waals surface area contributed by atoms with Crippen LogP contribution in [0.15, 0.2) is 41.4 Å². The van der Waals surface area contributed by atoms with Crippen LogP contribution in [0.2, 0.25) is 0 Å². The van der Waals surface area contributed by atoms with Gasteiger partial charge >= 0.3 is 0 Å². The third kappa shape index (κ3) is 2.77. The van der Waals surface area contributed by atoms with Crippen LogP contribution in [0.4, 0.5) is 0 Å². The smallest absolute Gasteiger partial charge is 0.242 e. The van der Waals surface area contributed by atoms with Crippen LogP contribution in [-0.4, -0.2) is 20.4 Å². The number of benzene rings is 1. The number of aryl methyl sites for hydroxylation is 1. The van der Waals surface area contributed by atoms with E-state index in [1.165, 1.54) is 18.3 Å². The summed E-state index contributed by atoms with van der Waals surface area (Å²) in [7, 11) is -3.65. The predicted octanol–water partition coefficient (Wildman–Crippen LogP) is 0.676. The molecule has 6 heteroatoms. The van der Waals surface area contributed by atoms with E-state index in [0.29, 0.717) is 6.42 Å². The van der Waals surface area contributed by atoms with Crippen molar-refractivity contribution in [3.05, 3.63) is 42.1 Å². The zero-order valence-electron chi connectivity index (χ0n) is 9.88. The first-order valence-corrected chi connectivity index (χ1v) is 7.02. The van der Waals surface area contributed by atoms with Crippen molar-refractivity contribution in [3.63, 3.8) is 0 Å². The molecule has 1 aliphatic rings. The number of carbonyl (C=O) groups is 1. The van der Waals surface area contributed by atoms with Gasteiger partial charge in [-0.3, -0.25) is 4.79 Å². The van der Waals surface area contributed by atoms with Gasteiger partial charge in [0.25, 0.3) is 0 Å². The summed E-state index contributed by atoms with van der Waals surface area (Å²) in [5, 5.41) is 2.47. The summed E-state index contributed by atoms with van der Waals surface area (Å²) in [5.41, 5.74) is 0.979. The van der Waals surface area contributed by atoms with Gasteiger partial charge in [-0.1, -0.05) is 23.8 Å². The van der Waals surface area contributed by atoms with Crippen LogP contribution in [0.5, 0.6) is 0 Å². The number of carbonyl (C=O) groups excluding carboxylic acids is 1. The quantitative estimate of drug-likeness (QED) is 0.844. The van der Waals surface area contributed by atoms with Crippen molar-refractivity contribution in [1.29, 1.82) is 0 Å². The lowest BCUT2D eigenvalue weighted by atomic mass is 10.2. The summed E-state index contributed by atoms with van der Waals surface area (Å²) < 4.78 is 26.5. The molecule has 1 atom stereocenters. The molecule has 96 valence electrons. The molecule has 2 rings (SSSR count). The maximum Gasteiger partial charge on any atom is 0.242 e. The van der Waals surface area contributed by atoms with Gasteiger partial charge in [0.2, 0.25) is 15.9 Å². The molecular weight excluding hydrogens is 252 g/mol. The lowest BCUT2D eigenvalue weighted by molar-refractivity contribution is -0.122. The van der Waals surface area contributed by atoms with E-state index in [2.05, 4.69) is 10.0 Å². The average Bonchev–Trinajstić information content (AvgIpc) is 2.32. The average molecular weight is 266 g/mol. The van der Waals surface area contributed by atoms with Crippen molar-refractivity contribution in [2.75, 3.05) is 0 Å². The summed E-state index contributed by atoms with van der Waals surface area (Å²) >= 11 is 0. The van der Waals surface area contributed by atoms with E-state index in [1.807, 2.05) is 6.92 Å². The molecule has 1 heterocycles. The summed E-state index contributed by atoms with van der Waals surface area (Å²) in [5.74, 6) is -0.340. The number of hydrogen-bond donors (Lipinski definition) is 2. The van der Waals surface area contributed by atoms with Crippen molar-refractivity contribution < 1.29 is 13.2 Å². The first kappa shape index (κ1) is 12.8. The highest BCUT2D eigenvalue weighted by Crippen LogP contribution is 2.12.